The molecule has 1 saturated heterocycles. The summed E-state index contributed by atoms with van der Waals surface area (Å²) in [4.78, 5) is 14.5. The Kier molecular flexibility index (Phi) is 4.47. The fourth-order valence-electron chi connectivity index (χ4n) is 1.66. The van der Waals surface area contributed by atoms with Gasteiger partial charge in [-0.25, -0.2) is 0 Å². The number of Topliss-reactive ketones (excluding diaryl/α,β-unsaturated/α-hetero) is 1. The summed E-state index contributed by atoms with van der Waals surface area (Å²) in [6.45, 7) is 2.68. The van der Waals surface area contributed by atoms with E-state index in [2.05, 4.69) is 22.6 Å². The number of ketones is 1. The van der Waals surface area contributed by atoms with Crippen LogP contribution >= 0.6 is 34.8 Å². The van der Waals surface area contributed by atoms with E-state index >= 15 is 0 Å². The Bertz CT molecular complexity index is 444. The van der Waals surface area contributed by atoms with Gasteiger partial charge in [0.05, 0.1) is 13.2 Å². The van der Waals surface area contributed by atoms with Gasteiger partial charge in [-0.1, -0.05) is 24.4 Å². The molecule has 0 bridgehead atoms. The highest BCUT2D eigenvalue weighted by Gasteiger charge is 2.20. The molecule has 0 atom stereocenters. The highest BCUT2D eigenvalue weighted by Crippen LogP contribution is 2.11. The van der Waals surface area contributed by atoms with Gasteiger partial charge in [0.15, 0.2) is 4.99 Å². The summed E-state index contributed by atoms with van der Waals surface area (Å²) in [7, 11) is 0. The summed E-state index contributed by atoms with van der Waals surface area (Å²) in [5.41, 5.74) is 0.661. The molecule has 5 heteroatoms. The molecule has 0 N–H and O–H groups in total. The van der Waals surface area contributed by atoms with Gasteiger partial charge in [0.1, 0.15) is 0 Å². The van der Waals surface area contributed by atoms with Gasteiger partial charge in [-0.15, -0.1) is 0 Å². The van der Waals surface area contributed by atoms with E-state index in [1.54, 1.807) is 6.07 Å². The van der Waals surface area contributed by atoms with Crippen molar-refractivity contribution in [3.63, 3.8) is 0 Å². The first kappa shape index (κ1) is 12.9. The second-order valence-corrected chi connectivity index (χ2v) is 5.38. The smallest absolute Gasteiger partial charge is 0.220 e. The largest absolute Gasteiger partial charge is 0.378 e. The van der Waals surface area contributed by atoms with Crippen LogP contribution in [0, 0.1) is 3.57 Å². The van der Waals surface area contributed by atoms with Crippen LogP contribution in [0.3, 0.4) is 0 Å². The molecule has 1 aromatic rings. The molecule has 1 aliphatic rings. The summed E-state index contributed by atoms with van der Waals surface area (Å²) >= 11 is 7.43. The van der Waals surface area contributed by atoms with Crippen LogP contribution in [0.4, 0.5) is 0 Å². The van der Waals surface area contributed by atoms with Crippen LogP contribution in [-0.4, -0.2) is 42.0 Å². The Morgan fingerprint density at radius 2 is 2.06 bits per heavy atom. The van der Waals surface area contributed by atoms with Gasteiger partial charge in [0.25, 0.3) is 0 Å². The first-order valence-electron chi connectivity index (χ1n) is 5.35. The minimum Gasteiger partial charge on any atom is -0.378 e. The minimum absolute atomic E-state index is 0.0691. The maximum atomic E-state index is 12.2. The lowest BCUT2D eigenvalue weighted by atomic mass is 10.1. The van der Waals surface area contributed by atoms with Gasteiger partial charge in [-0.05, 0) is 34.7 Å². The lowest BCUT2D eigenvalue weighted by Gasteiger charge is -2.28. The van der Waals surface area contributed by atoms with Gasteiger partial charge in [0, 0.05) is 22.2 Å². The first-order chi connectivity index (χ1) is 8.18. The molecule has 17 heavy (non-hydrogen) atoms. The van der Waals surface area contributed by atoms with E-state index < -0.39 is 0 Å². The maximum Gasteiger partial charge on any atom is 0.220 e. The number of thiocarbonyl (C=S) groups is 1. The molecule has 1 aliphatic heterocycles. The van der Waals surface area contributed by atoms with Crippen molar-refractivity contribution in [2.24, 2.45) is 0 Å². The van der Waals surface area contributed by atoms with Crippen molar-refractivity contribution in [3.8, 4) is 0 Å². The molecule has 2 rings (SSSR count). The summed E-state index contributed by atoms with van der Waals surface area (Å²) in [5, 5.41) is 0. The maximum absolute atomic E-state index is 12.2. The van der Waals surface area contributed by atoms with Crippen LogP contribution in [0.15, 0.2) is 24.3 Å². The molecular formula is C12H12INO2S. The van der Waals surface area contributed by atoms with Gasteiger partial charge < -0.3 is 9.64 Å². The normalized spacial score (nSPS) is 15.7. The number of ether oxygens (including phenoxy) is 1. The van der Waals surface area contributed by atoms with Crippen molar-refractivity contribution in [1.82, 2.24) is 4.90 Å². The van der Waals surface area contributed by atoms with Crippen LogP contribution in [0.2, 0.25) is 0 Å². The highest BCUT2D eigenvalue weighted by molar-refractivity contribution is 14.1. The van der Waals surface area contributed by atoms with Crippen molar-refractivity contribution >= 4 is 45.6 Å². The number of rotatable bonds is 2. The second-order valence-electron chi connectivity index (χ2n) is 3.74. The van der Waals surface area contributed by atoms with Crippen LogP contribution in [0.5, 0.6) is 0 Å². The van der Waals surface area contributed by atoms with Crippen molar-refractivity contribution in [2.75, 3.05) is 26.3 Å². The number of morpholine rings is 1. The van der Waals surface area contributed by atoms with Gasteiger partial charge in [0.2, 0.25) is 5.78 Å². The van der Waals surface area contributed by atoms with Crippen molar-refractivity contribution < 1.29 is 9.53 Å². The third kappa shape index (κ3) is 3.23. The number of hydrogen-bond donors (Lipinski definition) is 0. The Balaban J connectivity index is 2.11. The van der Waals surface area contributed by atoms with Crippen molar-refractivity contribution in [1.29, 1.82) is 0 Å². The predicted molar refractivity (Wildman–Crippen MR) is 78.5 cm³/mol. The number of nitrogens with zero attached hydrogens (tertiary/aromatic N) is 1. The quantitative estimate of drug-likeness (QED) is 0.459. The minimum atomic E-state index is -0.0691. The third-order valence-corrected chi connectivity index (χ3v) is 3.69. The molecule has 0 radical (unpaired) electrons. The van der Waals surface area contributed by atoms with E-state index in [9.17, 15) is 4.79 Å². The lowest BCUT2D eigenvalue weighted by molar-refractivity contribution is 0.0670. The molecule has 0 aliphatic carbocycles. The molecule has 0 unspecified atom stereocenters. The number of carbonyl (C=O) groups is 1. The fourth-order valence-corrected chi connectivity index (χ4v) is 2.51. The molecule has 0 spiro atoms. The molecule has 3 nitrogen and oxygen atoms in total. The Morgan fingerprint density at radius 1 is 1.35 bits per heavy atom. The molecule has 1 fully saturated rings. The standard InChI is InChI=1S/C12H12INO2S/c13-10-3-1-2-9(8-10)11(15)12(17)14-4-6-16-7-5-14/h1-3,8H,4-7H2. The fraction of sp³-hybridized carbons (Fsp3) is 0.333. The highest BCUT2D eigenvalue weighted by atomic mass is 127. The second kappa shape index (κ2) is 5.88. The van der Waals surface area contributed by atoms with Crippen LogP contribution in [-0.2, 0) is 4.74 Å². The van der Waals surface area contributed by atoms with Crippen LogP contribution in [0.1, 0.15) is 10.4 Å². The third-order valence-electron chi connectivity index (χ3n) is 2.58. The van der Waals surface area contributed by atoms with Crippen molar-refractivity contribution in [2.45, 2.75) is 0 Å². The molecule has 1 aromatic carbocycles. The van der Waals surface area contributed by atoms with Gasteiger partial charge in [-0.2, -0.15) is 0 Å². The van der Waals surface area contributed by atoms with E-state index in [-0.39, 0.29) is 5.78 Å². The zero-order chi connectivity index (χ0) is 12.3. The van der Waals surface area contributed by atoms with Crippen LogP contribution < -0.4 is 0 Å². The molecular weight excluding hydrogens is 349 g/mol. The van der Waals surface area contributed by atoms with E-state index in [4.69, 9.17) is 17.0 Å². The van der Waals surface area contributed by atoms with Gasteiger partial charge >= 0.3 is 0 Å². The van der Waals surface area contributed by atoms with Gasteiger partial charge in [-0.3, -0.25) is 4.79 Å². The van der Waals surface area contributed by atoms with E-state index in [0.29, 0.717) is 36.9 Å². The summed E-state index contributed by atoms with van der Waals surface area (Å²) in [6.07, 6.45) is 0. The zero-order valence-corrected chi connectivity index (χ0v) is 12.2. The Hall–Kier alpha value is -0.530. The topological polar surface area (TPSA) is 29.5 Å². The predicted octanol–water partition coefficient (Wildman–Crippen LogP) is 2.13. The molecule has 0 saturated carbocycles. The van der Waals surface area contributed by atoms with E-state index in [1.807, 2.05) is 23.1 Å². The van der Waals surface area contributed by atoms with Crippen LogP contribution in [0.25, 0.3) is 0 Å². The van der Waals surface area contributed by atoms with E-state index in [0.717, 1.165) is 3.57 Å². The number of hydrogen-bond acceptors (Lipinski definition) is 3. The molecule has 0 amide bonds. The number of benzene rings is 1. The lowest BCUT2D eigenvalue weighted by Crippen LogP contribution is -2.43. The monoisotopic (exact) mass is 361 g/mol. The average molecular weight is 361 g/mol. The SMILES string of the molecule is O=C(C(=S)N1CCOCC1)c1cccc(I)c1. The number of carbonyl (C=O) groups excluding carboxylic acids is 1. The van der Waals surface area contributed by atoms with Crippen molar-refractivity contribution in [3.05, 3.63) is 33.4 Å². The number of halogens is 1. The summed E-state index contributed by atoms with van der Waals surface area (Å²) < 4.78 is 6.28. The molecule has 0 aromatic heterocycles. The first-order valence-corrected chi connectivity index (χ1v) is 6.84. The Labute approximate surface area is 119 Å². The molecule has 1 heterocycles. The Morgan fingerprint density at radius 3 is 2.71 bits per heavy atom. The molecule has 90 valence electrons. The average Bonchev–Trinajstić information content (AvgIpc) is 2.38. The summed E-state index contributed by atoms with van der Waals surface area (Å²) in [5.74, 6) is -0.0691. The van der Waals surface area contributed by atoms with E-state index in [1.165, 1.54) is 0 Å². The summed E-state index contributed by atoms with van der Waals surface area (Å²) in [6, 6.07) is 7.49. The zero-order valence-electron chi connectivity index (χ0n) is 9.19.